The molecular weight excluding hydrogens is 391 g/mol. The maximum Gasteiger partial charge on any atom is 0.340 e. The van der Waals surface area contributed by atoms with Gasteiger partial charge in [0, 0.05) is 21.9 Å². The molecule has 2 rings (SSSR count). The fraction of sp³-hybridized carbons (Fsp3) is 0.333. The smallest absolute Gasteiger partial charge is 0.340 e. The molecule has 1 amide bonds. The highest BCUT2D eigenvalue weighted by Crippen LogP contribution is 2.21. The van der Waals surface area contributed by atoms with Crippen LogP contribution in [0.4, 0.5) is 10.1 Å². The molecule has 5 nitrogen and oxygen atoms in total. The zero-order valence-electron chi connectivity index (χ0n) is 14.5. The third kappa shape index (κ3) is 4.48. The Labute approximate surface area is 154 Å². The van der Waals surface area contributed by atoms with E-state index in [1.54, 1.807) is 12.1 Å². The summed E-state index contributed by atoms with van der Waals surface area (Å²) in [5.74, 6) is -1.76. The van der Waals surface area contributed by atoms with Crippen molar-refractivity contribution in [2.45, 2.75) is 33.7 Å². The molecule has 0 atom stereocenters. The van der Waals surface area contributed by atoms with Crippen LogP contribution < -0.4 is 5.32 Å². The molecule has 0 aliphatic heterocycles. The van der Waals surface area contributed by atoms with Crippen molar-refractivity contribution in [1.29, 1.82) is 0 Å². The highest BCUT2D eigenvalue weighted by molar-refractivity contribution is 9.10. The molecule has 1 N–H and O–H groups in total. The first-order chi connectivity index (χ1) is 11.7. The van der Waals surface area contributed by atoms with Crippen molar-refractivity contribution >= 4 is 33.5 Å². The van der Waals surface area contributed by atoms with Crippen LogP contribution in [-0.4, -0.2) is 23.1 Å². The third-order valence-electron chi connectivity index (χ3n) is 3.76. The van der Waals surface area contributed by atoms with Crippen molar-refractivity contribution in [2.75, 3.05) is 11.9 Å². The Balaban J connectivity index is 2.00. The van der Waals surface area contributed by atoms with Gasteiger partial charge >= 0.3 is 5.97 Å². The number of amides is 1. The molecule has 0 spiro atoms. The molecule has 0 saturated heterocycles. The van der Waals surface area contributed by atoms with Crippen LogP contribution in [0.25, 0.3) is 0 Å². The maximum absolute atomic E-state index is 13.7. The summed E-state index contributed by atoms with van der Waals surface area (Å²) in [6, 6.07) is 6.22. The predicted octanol–water partition coefficient (Wildman–Crippen LogP) is 4.38. The summed E-state index contributed by atoms with van der Waals surface area (Å²) < 4.78 is 21.3. The van der Waals surface area contributed by atoms with Crippen LogP contribution in [0.1, 0.15) is 41.6 Å². The van der Waals surface area contributed by atoms with Crippen LogP contribution in [0.2, 0.25) is 0 Å². The monoisotopic (exact) mass is 410 g/mol. The Hall–Kier alpha value is -2.15. The zero-order valence-corrected chi connectivity index (χ0v) is 16.1. The quantitative estimate of drug-likeness (QED) is 0.743. The SMILES string of the molecule is Cc1cc(C(=O)OCC(=O)Nc2ccc(Br)cc2F)c(C)n1C(C)C. The van der Waals surface area contributed by atoms with Crippen LogP contribution in [0.3, 0.4) is 0 Å². The number of carbonyl (C=O) groups is 2. The number of halogens is 2. The lowest BCUT2D eigenvalue weighted by Crippen LogP contribution is -2.21. The van der Waals surface area contributed by atoms with Crippen LogP contribution in [0.15, 0.2) is 28.7 Å². The minimum Gasteiger partial charge on any atom is -0.452 e. The van der Waals surface area contributed by atoms with E-state index in [0.717, 1.165) is 11.4 Å². The molecule has 7 heteroatoms. The molecule has 0 aliphatic rings. The van der Waals surface area contributed by atoms with Crippen LogP contribution in [0.5, 0.6) is 0 Å². The summed E-state index contributed by atoms with van der Waals surface area (Å²) in [7, 11) is 0. The highest BCUT2D eigenvalue weighted by atomic mass is 79.9. The van der Waals surface area contributed by atoms with Gasteiger partial charge in [-0.15, -0.1) is 0 Å². The molecule has 134 valence electrons. The highest BCUT2D eigenvalue weighted by Gasteiger charge is 2.19. The number of hydrogen-bond acceptors (Lipinski definition) is 3. The van der Waals surface area contributed by atoms with Crippen LogP contribution in [-0.2, 0) is 9.53 Å². The second-order valence-electron chi connectivity index (χ2n) is 6.00. The zero-order chi connectivity index (χ0) is 18.7. The van der Waals surface area contributed by atoms with E-state index in [-0.39, 0.29) is 11.7 Å². The molecule has 0 unspecified atom stereocenters. The van der Waals surface area contributed by atoms with E-state index in [4.69, 9.17) is 4.74 Å². The number of carbonyl (C=O) groups excluding carboxylic acids is 2. The van der Waals surface area contributed by atoms with Gasteiger partial charge in [0.2, 0.25) is 0 Å². The van der Waals surface area contributed by atoms with Gasteiger partial charge < -0.3 is 14.6 Å². The second kappa shape index (κ2) is 7.82. The van der Waals surface area contributed by atoms with Gasteiger partial charge in [-0.25, -0.2) is 9.18 Å². The van der Waals surface area contributed by atoms with E-state index < -0.39 is 24.3 Å². The Bertz CT molecular complexity index is 815. The molecular formula is C18H20BrFN2O3. The summed E-state index contributed by atoms with van der Waals surface area (Å²) in [5.41, 5.74) is 2.19. The number of anilines is 1. The summed E-state index contributed by atoms with van der Waals surface area (Å²) >= 11 is 3.14. The van der Waals surface area contributed by atoms with Gasteiger partial charge in [0.1, 0.15) is 5.82 Å². The van der Waals surface area contributed by atoms with E-state index in [9.17, 15) is 14.0 Å². The number of ether oxygens (including phenoxy) is 1. The van der Waals surface area contributed by atoms with Crippen molar-refractivity contribution < 1.29 is 18.7 Å². The number of aromatic nitrogens is 1. The van der Waals surface area contributed by atoms with Gasteiger partial charge in [0.25, 0.3) is 5.91 Å². The number of rotatable bonds is 5. The van der Waals surface area contributed by atoms with Crippen molar-refractivity contribution in [2.24, 2.45) is 0 Å². The summed E-state index contributed by atoms with van der Waals surface area (Å²) in [5, 5.41) is 2.38. The Morgan fingerprint density at radius 2 is 1.96 bits per heavy atom. The first kappa shape index (κ1) is 19.2. The van der Waals surface area contributed by atoms with Crippen molar-refractivity contribution in [3.8, 4) is 0 Å². The molecule has 1 aromatic heterocycles. The van der Waals surface area contributed by atoms with Gasteiger partial charge in [0.15, 0.2) is 6.61 Å². The van der Waals surface area contributed by atoms with Gasteiger partial charge in [-0.3, -0.25) is 4.79 Å². The van der Waals surface area contributed by atoms with E-state index in [1.165, 1.54) is 12.1 Å². The third-order valence-corrected chi connectivity index (χ3v) is 4.25. The minimum absolute atomic E-state index is 0.0298. The second-order valence-corrected chi connectivity index (χ2v) is 6.91. The molecule has 25 heavy (non-hydrogen) atoms. The van der Waals surface area contributed by atoms with E-state index in [0.29, 0.717) is 10.0 Å². The van der Waals surface area contributed by atoms with Gasteiger partial charge in [-0.1, -0.05) is 15.9 Å². The molecule has 0 saturated carbocycles. The molecule has 2 aromatic rings. The fourth-order valence-corrected chi connectivity index (χ4v) is 3.10. The van der Waals surface area contributed by atoms with Crippen LogP contribution in [0, 0.1) is 19.7 Å². The molecule has 0 bridgehead atoms. The summed E-state index contributed by atoms with van der Waals surface area (Å²) in [6.45, 7) is 7.30. The van der Waals surface area contributed by atoms with Gasteiger partial charge in [-0.2, -0.15) is 0 Å². The van der Waals surface area contributed by atoms with Gasteiger partial charge in [0.05, 0.1) is 11.3 Å². The lowest BCUT2D eigenvalue weighted by molar-refractivity contribution is -0.119. The molecule has 1 heterocycles. The van der Waals surface area contributed by atoms with Crippen molar-refractivity contribution in [3.05, 3.63) is 51.5 Å². The Kier molecular flexibility index (Phi) is 6.00. The normalized spacial score (nSPS) is 10.8. The maximum atomic E-state index is 13.7. The molecule has 0 aliphatic carbocycles. The first-order valence-electron chi connectivity index (χ1n) is 7.81. The minimum atomic E-state index is -0.604. The average Bonchev–Trinajstić information content (AvgIpc) is 2.82. The van der Waals surface area contributed by atoms with E-state index >= 15 is 0 Å². The number of benzene rings is 1. The molecule has 1 aromatic carbocycles. The van der Waals surface area contributed by atoms with Gasteiger partial charge in [-0.05, 0) is 52.0 Å². The topological polar surface area (TPSA) is 60.3 Å². The number of hydrogen-bond donors (Lipinski definition) is 1. The number of esters is 1. The molecule has 0 fully saturated rings. The summed E-state index contributed by atoms with van der Waals surface area (Å²) in [6.07, 6.45) is 0. The summed E-state index contributed by atoms with van der Waals surface area (Å²) in [4.78, 5) is 24.1. The van der Waals surface area contributed by atoms with Crippen LogP contribution >= 0.6 is 15.9 Å². The number of nitrogens with zero attached hydrogens (tertiary/aromatic N) is 1. The van der Waals surface area contributed by atoms with Crippen molar-refractivity contribution in [1.82, 2.24) is 4.57 Å². The van der Waals surface area contributed by atoms with E-state index in [1.807, 2.05) is 32.3 Å². The Morgan fingerprint density at radius 1 is 1.28 bits per heavy atom. The predicted molar refractivity (Wildman–Crippen MR) is 97.3 cm³/mol. The standard InChI is InChI=1S/C18H20BrFN2O3/c1-10(2)22-11(3)7-14(12(22)4)18(24)25-9-17(23)21-16-6-5-13(19)8-15(16)20/h5-8,10H,9H2,1-4H3,(H,21,23). The van der Waals surface area contributed by atoms with Crippen molar-refractivity contribution in [3.63, 3.8) is 0 Å². The van der Waals surface area contributed by atoms with E-state index in [2.05, 4.69) is 21.2 Å². The largest absolute Gasteiger partial charge is 0.452 e. The average molecular weight is 411 g/mol. The lowest BCUT2D eigenvalue weighted by atomic mass is 10.2. The lowest BCUT2D eigenvalue weighted by Gasteiger charge is -2.13. The Morgan fingerprint density at radius 3 is 2.52 bits per heavy atom. The first-order valence-corrected chi connectivity index (χ1v) is 8.60. The number of aryl methyl sites for hydroxylation is 1. The molecule has 0 radical (unpaired) electrons. The fourth-order valence-electron chi connectivity index (χ4n) is 2.76. The number of nitrogens with one attached hydrogen (secondary N) is 1.